The molecule has 0 saturated heterocycles. The molecule has 0 radical (unpaired) electrons. The zero-order chi connectivity index (χ0) is 15.4. The number of hydrogen-bond acceptors (Lipinski definition) is 3. The number of amides is 1. The van der Waals surface area contributed by atoms with Crippen molar-refractivity contribution in [1.29, 1.82) is 0 Å². The zero-order valence-corrected chi connectivity index (χ0v) is 12.4. The molecule has 112 valence electrons. The summed E-state index contributed by atoms with van der Waals surface area (Å²) >= 11 is 0. The first-order chi connectivity index (χ1) is 10.1. The van der Waals surface area contributed by atoms with Crippen LogP contribution in [0.4, 0.5) is 10.1 Å². The Morgan fingerprint density at radius 2 is 2.19 bits per heavy atom. The highest BCUT2D eigenvalue weighted by molar-refractivity contribution is 5.99. The third-order valence-corrected chi connectivity index (χ3v) is 3.27. The quantitative estimate of drug-likeness (QED) is 0.886. The fourth-order valence-corrected chi connectivity index (χ4v) is 2.27. The van der Waals surface area contributed by atoms with E-state index in [0.717, 1.165) is 17.7 Å². The molecule has 1 aromatic heterocycles. The maximum Gasteiger partial charge on any atom is 0.253 e. The number of halogens is 1. The fraction of sp³-hybridized carbons (Fsp3) is 0.333. The van der Waals surface area contributed by atoms with E-state index in [0.29, 0.717) is 12.1 Å². The summed E-state index contributed by atoms with van der Waals surface area (Å²) in [6.07, 6.45) is 2.68. The zero-order valence-electron chi connectivity index (χ0n) is 12.4. The Morgan fingerprint density at radius 1 is 1.43 bits per heavy atom. The fourth-order valence-electron chi connectivity index (χ4n) is 2.27. The number of aryl methyl sites for hydroxylation is 2. The van der Waals surface area contributed by atoms with Crippen molar-refractivity contribution in [2.45, 2.75) is 19.9 Å². The van der Waals surface area contributed by atoms with Crippen molar-refractivity contribution >= 4 is 11.6 Å². The van der Waals surface area contributed by atoms with Gasteiger partial charge in [-0.15, -0.1) is 0 Å². The lowest BCUT2D eigenvalue weighted by atomic mass is 10.1. The summed E-state index contributed by atoms with van der Waals surface area (Å²) in [6.45, 7) is 2.38. The van der Waals surface area contributed by atoms with Gasteiger partial charge in [0.1, 0.15) is 5.82 Å². The number of para-hydroxylation sites is 1. The molecular formula is C15H19FN4O. The van der Waals surface area contributed by atoms with Gasteiger partial charge < -0.3 is 10.6 Å². The highest BCUT2D eigenvalue weighted by Crippen LogP contribution is 2.19. The third kappa shape index (κ3) is 3.21. The van der Waals surface area contributed by atoms with E-state index in [2.05, 4.69) is 15.7 Å². The van der Waals surface area contributed by atoms with E-state index in [1.54, 1.807) is 17.8 Å². The number of carbonyl (C=O) groups excluding carboxylic acids is 1. The Balaban J connectivity index is 2.13. The van der Waals surface area contributed by atoms with Crippen molar-refractivity contribution in [3.8, 4) is 0 Å². The predicted octanol–water partition coefficient (Wildman–Crippen LogP) is 2.09. The van der Waals surface area contributed by atoms with E-state index in [1.165, 1.54) is 12.1 Å². The van der Waals surface area contributed by atoms with E-state index >= 15 is 0 Å². The van der Waals surface area contributed by atoms with Gasteiger partial charge in [0.25, 0.3) is 5.91 Å². The van der Waals surface area contributed by atoms with Gasteiger partial charge in [-0.3, -0.25) is 9.48 Å². The van der Waals surface area contributed by atoms with Crippen LogP contribution >= 0.6 is 0 Å². The minimum absolute atomic E-state index is 0.205. The Hall–Kier alpha value is -2.37. The summed E-state index contributed by atoms with van der Waals surface area (Å²) in [6, 6.07) is 4.43. The highest BCUT2D eigenvalue weighted by Gasteiger charge is 2.14. The highest BCUT2D eigenvalue weighted by atomic mass is 19.1. The SMILES string of the molecule is CCc1nn(C)cc1CNC(=O)c1cccc(F)c1NC. The smallest absolute Gasteiger partial charge is 0.253 e. The van der Waals surface area contributed by atoms with E-state index < -0.39 is 5.82 Å². The van der Waals surface area contributed by atoms with Crippen LogP contribution in [0.25, 0.3) is 0 Å². The number of nitrogens with one attached hydrogen (secondary N) is 2. The molecule has 5 nitrogen and oxygen atoms in total. The molecule has 0 saturated carbocycles. The molecule has 0 aliphatic heterocycles. The molecule has 1 amide bonds. The van der Waals surface area contributed by atoms with E-state index in [1.807, 2.05) is 20.2 Å². The van der Waals surface area contributed by atoms with Crippen molar-refractivity contribution in [1.82, 2.24) is 15.1 Å². The van der Waals surface area contributed by atoms with Crippen molar-refractivity contribution in [3.63, 3.8) is 0 Å². The summed E-state index contributed by atoms with van der Waals surface area (Å²) in [5.41, 5.74) is 2.41. The van der Waals surface area contributed by atoms with E-state index in [-0.39, 0.29) is 11.6 Å². The lowest BCUT2D eigenvalue weighted by Gasteiger charge is -2.10. The van der Waals surface area contributed by atoms with E-state index in [9.17, 15) is 9.18 Å². The molecule has 0 fully saturated rings. The normalized spacial score (nSPS) is 10.5. The van der Waals surface area contributed by atoms with E-state index in [4.69, 9.17) is 0 Å². The average molecular weight is 290 g/mol. The van der Waals surface area contributed by atoms with Gasteiger partial charge in [-0.25, -0.2) is 4.39 Å². The molecule has 1 heterocycles. The largest absolute Gasteiger partial charge is 0.385 e. The van der Waals surface area contributed by atoms with Gasteiger partial charge >= 0.3 is 0 Å². The Morgan fingerprint density at radius 3 is 2.86 bits per heavy atom. The van der Waals surface area contributed by atoms with Crippen molar-refractivity contribution < 1.29 is 9.18 Å². The number of hydrogen-bond donors (Lipinski definition) is 2. The molecule has 21 heavy (non-hydrogen) atoms. The number of nitrogens with zero attached hydrogens (tertiary/aromatic N) is 2. The third-order valence-electron chi connectivity index (χ3n) is 3.27. The van der Waals surface area contributed by atoms with Crippen LogP contribution in [0.1, 0.15) is 28.5 Å². The average Bonchev–Trinajstić information content (AvgIpc) is 2.84. The molecule has 0 unspecified atom stereocenters. The second kappa shape index (κ2) is 6.39. The van der Waals surface area contributed by atoms with Crippen LogP contribution in [0.2, 0.25) is 0 Å². The second-order valence-corrected chi connectivity index (χ2v) is 4.72. The maximum absolute atomic E-state index is 13.6. The van der Waals surface area contributed by atoms with Crippen LogP contribution in [0, 0.1) is 5.82 Å². The maximum atomic E-state index is 13.6. The molecule has 2 N–H and O–H groups in total. The molecule has 0 aliphatic rings. The second-order valence-electron chi connectivity index (χ2n) is 4.72. The first-order valence-electron chi connectivity index (χ1n) is 6.82. The van der Waals surface area contributed by atoms with Crippen LogP contribution in [0.3, 0.4) is 0 Å². The Kier molecular flexibility index (Phi) is 4.57. The summed E-state index contributed by atoms with van der Waals surface area (Å²) in [4.78, 5) is 12.2. The number of benzene rings is 1. The number of aromatic nitrogens is 2. The summed E-state index contributed by atoms with van der Waals surface area (Å²) in [7, 11) is 3.43. The van der Waals surface area contributed by atoms with Crippen LogP contribution in [0.15, 0.2) is 24.4 Å². The minimum atomic E-state index is -0.444. The van der Waals surface area contributed by atoms with Crippen LogP contribution in [-0.2, 0) is 20.0 Å². The predicted molar refractivity (Wildman–Crippen MR) is 79.7 cm³/mol. The standard InChI is InChI=1S/C15H19FN4O/c1-4-13-10(9-20(3)19-13)8-18-15(21)11-6-5-7-12(16)14(11)17-2/h5-7,9,17H,4,8H2,1-3H3,(H,18,21). The molecule has 6 heteroatoms. The van der Waals surface area contributed by atoms with Crippen LogP contribution < -0.4 is 10.6 Å². The van der Waals surface area contributed by atoms with Crippen molar-refractivity contribution in [3.05, 3.63) is 47.0 Å². The molecule has 0 spiro atoms. The molecule has 0 aliphatic carbocycles. The van der Waals surface area contributed by atoms with Gasteiger partial charge in [0.2, 0.25) is 0 Å². The van der Waals surface area contributed by atoms with Gasteiger partial charge in [0, 0.05) is 32.4 Å². The van der Waals surface area contributed by atoms with Gasteiger partial charge in [-0.2, -0.15) is 5.10 Å². The van der Waals surface area contributed by atoms with Gasteiger partial charge in [-0.1, -0.05) is 13.0 Å². The minimum Gasteiger partial charge on any atom is -0.385 e. The Bertz CT molecular complexity index is 651. The monoisotopic (exact) mass is 290 g/mol. The number of carbonyl (C=O) groups is 1. The first kappa shape index (κ1) is 15.0. The van der Waals surface area contributed by atoms with Crippen molar-refractivity contribution in [2.75, 3.05) is 12.4 Å². The molecule has 2 rings (SSSR count). The first-order valence-corrected chi connectivity index (χ1v) is 6.82. The summed E-state index contributed by atoms with van der Waals surface area (Å²) in [5, 5.41) is 9.84. The van der Waals surface area contributed by atoms with Gasteiger partial charge in [-0.05, 0) is 18.6 Å². The molecule has 1 aromatic carbocycles. The lowest BCUT2D eigenvalue weighted by Crippen LogP contribution is -2.24. The summed E-state index contributed by atoms with van der Waals surface area (Å²) in [5.74, 6) is -0.759. The topological polar surface area (TPSA) is 59.0 Å². The van der Waals surface area contributed by atoms with Gasteiger partial charge in [0.15, 0.2) is 0 Å². The van der Waals surface area contributed by atoms with Crippen LogP contribution in [0.5, 0.6) is 0 Å². The molecular weight excluding hydrogens is 271 g/mol. The molecule has 0 bridgehead atoms. The molecule has 2 aromatic rings. The lowest BCUT2D eigenvalue weighted by molar-refractivity contribution is 0.0951. The molecule has 0 atom stereocenters. The number of anilines is 1. The van der Waals surface area contributed by atoms with Crippen molar-refractivity contribution in [2.24, 2.45) is 7.05 Å². The Labute approximate surface area is 123 Å². The van der Waals surface area contributed by atoms with Gasteiger partial charge in [0.05, 0.1) is 16.9 Å². The van der Waals surface area contributed by atoms with Crippen LogP contribution in [-0.4, -0.2) is 22.7 Å². The number of rotatable bonds is 5. The summed E-state index contributed by atoms with van der Waals surface area (Å²) < 4.78 is 15.4.